The Labute approximate surface area is 115 Å². The maximum Gasteiger partial charge on any atom is 0.392 e. The Morgan fingerprint density at radius 2 is 2.00 bits per heavy atom. The van der Waals surface area contributed by atoms with Crippen molar-refractivity contribution < 1.29 is 17.9 Å². The minimum Gasteiger partial charge on any atom is -0.493 e. The molecule has 0 heterocycles. The highest BCUT2D eigenvalue weighted by molar-refractivity contribution is 6.30. The van der Waals surface area contributed by atoms with Crippen molar-refractivity contribution in [2.45, 2.75) is 39.0 Å². The summed E-state index contributed by atoms with van der Waals surface area (Å²) in [5, 5.41) is 3.71. The van der Waals surface area contributed by atoms with Crippen LogP contribution in [0.25, 0.3) is 0 Å². The van der Waals surface area contributed by atoms with Gasteiger partial charge in [-0.05, 0) is 18.2 Å². The van der Waals surface area contributed by atoms with Gasteiger partial charge in [-0.2, -0.15) is 13.2 Å². The molecule has 1 N–H and O–H groups in total. The summed E-state index contributed by atoms with van der Waals surface area (Å²) in [5.41, 5.74) is 0.753. The third-order valence-corrected chi connectivity index (χ3v) is 2.60. The summed E-state index contributed by atoms with van der Waals surface area (Å²) in [6.07, 6.45) is -5.17. The second-order valence-corrected chi connectivity index (χ2v) is 4.94. The number of nitrogens with one attached hydrogen (secondary N) is 1. The number of hydrogen-bond donors (Lipinski definition) is 1. The van der Waals surface area contributed by atoms with Crippen molar-refractivity contribution in [1.82, 2.24) is 5.32 Å². The first-order chi connectivity index (χ1) is 8.78. The molecule has 1 rings (SSSR count). The molecule has 0 aromatic heterocycles. The van der Waals surface area contributed by atoms with E-state index >= 15 is 0 Å². The van der Waals surface area contributed by atoms with E-state index in [0.29, 0.717) is 17.3 Å². The van der Waals surface area contributed by atoms with Gasteiger partial charge in [0.15, 0.2) is 0 Å². The van der Waals surface area contributed by atoms with Crippen LogP contribution < -0.4 is 10.1 Å². The highest BCUT2D eigenvalue weighted by Gasteiger charge is 2.27. The molecule has 1 aromatic rings. The van der Waals surface area contributed by atoms with E-state index < -0.39 is 12.6 Å². The molecule has 0 unspecified atom stereocenters. The Kier molecular flexibility index (Phi) is 5.94. The van der Waals surface area contributed by atoms with Gasteiger partial charge in [-0.15, -0.1) is 0 Å². The number of alkyl halides is 3. The summed E-state index contributed by atoms with van der Waals surface area (Å²) in [6, 6.07) is 5.15. The van der Waals surface area contributed by atoms with Crippen molar-refractivity contribution in [3.05, 3.63) is 28.8 Å². The van der Waals surface area contributed by atoms with E-state index in [1.165, 1.54) is 0 Å². The zero-order valence-electron chi connectivity index (χ0n) is 10.9. The molecule has 0 amide bonds. The lowest BCUT2D eigenvalue weighted by molar-refractivity contribution is -0.139. The topological polar surface area (TPSA) is 21.3 Å². The van der Waals surface area contributed by atoms with Gasteiger partial charge in [0.05, 0.1) is 13.0 Å². The molecule has 0 aliphatic rings. The van der Waals surface area contributed by atoms with Gasteiger partial charge < -0.3 is 10.1 Å². The van der Waals surface area contributed by atoms with Gasteiger partial charge in [0.25, 0.3) is 0 Å². The third kappa shape index (κ3) is 6.68. The summed E-state index contributed by atoms with van der Waals surface area (Å²) >= 11 is 5.88. The van der Waals surface area contributed by atoms with Crippen molar-refractivity contribution >= 4 is 11.6 Å². The molecule has 0 aliphatic heterocycles. The summed E-state index contributed by atoms with van der Waals surface area (Å²) in [7, 11) is 0. The highest BCUT2D eigenvalue weighted by Crippen LogP contribution is 2.25. The summed E-state index contributed by atoms with van der Waals surface area (Å²) in [4.78, 5) is 0. The van der Waals surface area contributed by atoms with E-state index in [-0.39, 0.29) is 12.6 Å². The Morgan fingerprint density at radius 3 is 2.58 bits per heavy atom. The maximum absolute atomic E-state index is 12.1. The molecule has 1 aromatic carbocycles. The summed E-state index contributed by atoms with van der Waals surface area (Å²) in [6.45, 7) is 4.07. The normalized spacial score (nSPS) is 11.9. The molecule has 0 bridgehead atoms. The molecule has 0 fully saturated rings. The molecule has 0 radical (unpaired) electrons. The van der Waals surface area contributed by atoms with Crippen molar-refractivity contribution in [2.75, 3.05) is 6.61 Å². The average Bonchev–Trinajstić information content (AvgIpc) is 2.27. The molecule has 0 saturated carbocycles. The fraction of sp³-hybridized carbons (Fsp3) is 0.538. The largest absolute Gasteiger partial charge is 0.493 e. The number of ether oxygens (including phenoxy) is 1. The third-order valence-electron chi connectivity index (χ3n) is 2.37. The molecular formula is C13H17ClF3NO. The van der Waals surface area contributed by atoms with Gasteiger partial charge in [0, 0.05) is 23.2 Å². The fourth-order valence-corrected chi connectivity index (χ4v) is 1.61. The predicted molar refractivity (Wildman–Crippen MR) is 69.6 cm³/mol. The first-order valence-corrected chi connectivity index (χ1v) is 6.37. The maximum atomic E-state index is 12.1. The fourth-order valence-electron chi connectivity index (χ4n) is 1.42. The quantitative estimate of drug-likeness (QED) is 0.850. The van der Waals surface area contributed by atoms with Gasteiger partial charge >= 0.3 is 6.18 Å². The van der Waals surface area contributed by atoms with Crippen LogP contribution in [0.3, 0.4) is 0 Å². The smallest absolute Gasteiger partial charge is 0.392 e. The lowest BCUT2D eigenvalue weighted by atomic mass is 10.2. The number of benzene rings is 1. The number of hydrogen-bond acceptors (Lipinski definition) is 2. The molecule has 0 saturated heterocycles. The lowest BCUT2D eigenvalue weighted by Gasteiger charge is -2.14. The van der Waals surface area contributed by atoms with Gasteiger partial charge in [0.2, 0.25) is 0 Å². The predicted octanol–water partition coefficient (Wildman–Crippen LogP) is 4.17. The number of halogens is 4. The van der Waals surface area contributed by atoms with E-state index in [0.717, 1.165) is 5.56 Å². The average molecular weight is 296 g/mol. The van der Waals surface area contributed by atoms with Crippen LogP contribution in [0.15, 0.2) is 18.2 Å². The molecule has 0 spiro atoms. The van der Waals surface area contributed by atoms with E-state index in [1.807, 2.05) is 13.8 Å². The van der Waals surface area contributed by atoms with Crippen LogP contribution in [0.2, 0.25) is 5.02 Å². The monoisotopic (exact) mass is 295 g/mol. The zero-order valence-corrected chi connectivity index (χ0v) is 11.6. The molecule has 0 aliphatic carbocycles. The Morgan fingerprint density at radius 1 is 1.32 bits per heavy atom. The van der Waals surface area contributed by atoms with Crippen LogP contribution in [-0.2, 0) is 6.54 Å². The van der Waals surface area contributed by atoms with Crippen LogP contribution in [0, 0.1) is 0 Å². The van der Waals surface area contributed by atoms with Crippen LogP contribution in [0.1, 0.15) is 25.8 Å². The van der Waals surface area contributed by atoms with Crippen molar-refractivity contribution in [3.63, 3.8) is 0 Å². The Balaban J connectivity index is 2.65. The standard InChI is InChI=1S/C13H17ClF3NO/c1-9(2)18-8-10-7-11(14)3-4-12(10)19-6-5-13(15,16)17/h3-4,7,9,18H,5-6,8H2,1-2H3. The Bertz CT molecular complexity index is 407. The summed E-state index contributed by atoms with van der Waals surface area (Å²) < 4.78 is 41.4. The molecule has 2 nitrogen and oxygen atoms in total. The summed E-state index contributed by atoms with van der Waals surface area (Å²) in [5.74, 6) is 0.432. The van der Waals surface area contributed by atoms with Crippen molar-refractivity contribution in [1.29, 1.82) is 0 Å². The van der Waals surface area contributed by atoms with E-state index in [2.05, 4.69) is 5.32 Å². The van der Waals surface area contributed by atoms with Crippen LogP contribution in [0.4, 0.5) is 13.2 Å². The minimum atomic E-state index is -4.21. The van der Waals surface area contributed by atoms with E-state index in [4.69, 9.17) is 16.3 Å². The van der Waals surface area contributed by atoms with Crippen LogP contribution in [0.5, 0.6) is 5.75 Å². The molecule has 108 valence electrons. The van der Waals surface area contributed by atoms with E-state index in [1.54, 1.807) is 18.2 Å². The second kappa shape index (κ2) is 7.01. The molecule has 19 heavy (non-hydrogen) atoms. The SMILES string of the molecule is CC(C)NCc1cc(Cl)ccc1OCCC(F)(F)F. The molecular weight excluding hydrogens is 279 g/mol. The van der Waals surface area contributed by atoms with Gasteiger partial charge in [0.1, 0.15) is 5.75 Å². The van der Waals surface area contributed by atoms with Crippen molar-refractivity contribution in [3.8, 4) is 5.75 Å². The first-order valence-electron chi connectivity index (χ1n) is 5.99. The molecule has 6 heteroatoms. The van der Waals surface area contributed by atoms with Crippen molar-refractivity contribution in [2.24, 2.45) is 0 Å². The molecule has 0 atom stereocenters. The number of rotatable bonds is 6. The highest BCUT2D eigenvalue weighted by atomic mass is 35.5. The van der Waals surface area contributed by atoms with E-state index in [9.17, 15) is 13.2 Å². The van der Waals surface area contributed by atoms with Gasteiger partial charge in [-0.1, -0.05) is 25.4 Å². The Hall–Kier alpha value is -0.940. The first kappa shape index (κ1) is 16.1. The van der Waals surface area contributed by atoms with Crippen LogP contribution >= 0.6 is 11.6 Å². The second-order valence-electron chi connectivity index (χ2n) is 4.50. The van der Waals surface area contributed by atoms with Gasteiger partial charge in [-0.25, -0.2) is 0 Å². The van der Waals surface area contributed by atoms with Gasteiger partial charge in [-0.3, -0.25) is 0 Å². The minimum absolute atomic E-state index is 0.266. The lowest BCUT2D eigenvalue weighted by Crippen LogP contribution is -2.22. The zero-order chi connectivity index (χ0) is 14.5. The van der Waals surface area contributed by atoms with Crippen LogP contribution in [-0.4, -0.2) is 18.8 Å².